The van der Waals surface area contributed by atoms with Crippen LogP contribution in [0.15, 0.2) is 37.0 Å². The molecule has 0 fully saturated rings. The van der Waals surface area contributed by atoms with Crippen LogP contribution in [0.4, 0.5) is 10.5 Å². The average molecular weight is 684 g/mol. The summed E-state index contributed by atoms with van der Waals surface area (Å²) >= 11 is 0. The van der Waals surface area contributed by atoms with E-state index in [-0.39, 0.29) is 31.0 Å². The van der Waals surface area contributed by atoms with Crippen LogP contribution in [0, 0.1) is 11.3 Å². The second kappa shape index (κ2) is 32.7. The van der Waals surface area contributed by atoms with Gasteiger partial charge in [-0.1, -0.05) is 74.1 Å². The highest BCUT2D eigenvalue weighted by Crippen LogP contribution is 2.17. The molecule has 278 valence electrons. The van der Waals surface area contributed by atoms with Crippen molar-refractivity contribution in [2.45, 2.75) is 80.9 Å². The van der Waals surface area contributed by atoms with Gasteiger partial charge in [-0.3, -0.25) is 19.2 Å². The van der Waals surface area contributed by atoms with Crippen LogP contribution in [0.3, 0.4) is 0 Å². The molecule has 11 N–H and O–H groups in total. The van der Waals surface area contributed by atoms with Gasteiger partial charge in [0.1, 0.15) is 19.2 Å². The molecule has 5 amide bonds. The third kappa shape index (κ3) is 28.0. The van der Waals surface area contributed by atoms with Crippen molar-refractivity contribution in [2.75, 3.05) is 45.6 Å². The van der Waals surface area contributed by atoms with E-state index in [0.29, 0.717) is 18.6 Å². The molecule has 15 heteroatoms. The Morgan fingerprint density at radius 3 is 1.98 bits per heavy atom. The topological polar surface area (TPSA) is 236 Å². The van der Waals surface area contributed by atoms with Crippen LogP contribution >= 0.6 is 0 Å². The van der Waals surface area contributed by atoms with Gasteiger partial charge in [0.05, 0.1) is 6.54 Å². The molecule has 0 bridgehead atoms. The second-order valence-corrected chi connectivity index (χ2v) is 10.6. The fraction of sp³-hybridized carbons (Fsp3) is 0.606. The molecule has 0 aliphatic heterocycles. The van der Waals surface area contributed by atoms with Gasteiger partial charge in [-0.05, 0) is 56.0 Å². The first-order valence-corrected chi connectivity index (χ1v) is 16.1. The molecule has 1 aromatic carbocycles. The summed E-state index contributed by atoms with van der Waals surface area (Å²) in [5, 5.41) is 14.2. The number of hydrogen-bond acceptors (Lipinski definition) is 10. The first-order valence-electron chi connectivity index (χ1n) is 16.1. The summed E-state index contributed by atoms with van der Waals surface area (Å²) in [4.78, 5) is 58.1. The molecule has 1 atom stereocenters. The number of hydrogen-bond donors (Lipinski definition) is 8. The predicted molar refractivity (Wildman–Crippen MR) is 194 cm³/mol. The lowest BCUT2D eigenvalue weighted by molar-refractivity contribution is -0.131. The first-order chi connectivity index (χ1) is 22.8. The molecular weight excluding hydrogens is 618 g/mol. The molecule has 0 aliphatic rings. The number of benzene rings is 1. The van der Waals surface area contributed by atoms with Gasteiger partial charge >= 0.3 is 6.09 Å². The Hall–Kier alpha value is -4.21. The highest BCUT2D eigenvalue weighted by Gasteiger charge is 2.24. The van der Waals surface area contributed by atoms with Gasteiger partial charge in [0.25, 0.3) is 0 Å². The van der Waals surface area contributed by atoms with Gasteiger partial charge in [0.15, 0.2) is 0 Å². The molecule has 15 nitrogen and oxygen atoms in total. The Labute approximate surface area is 288 Å². The Kier molecular flexibility index (Phi) is 34.5. The maximum absolute atomic E-state index is 12.5. The van der Waals surface area contributed by atoms with Crippen LogP contribution in [-0.2, 0) is 30.5 Å². The summed E-state index contributed by atoms with van der Waals surface area (Å²) in [7, 11) is 3.00. The number of hydrazine groups is 1. The summed E-state index contributed by atoms with van der Waals surface area (Å²) in [6.45, 7) is 20.2. The SMILES string of the molecule is C=CN(N)CC(=O)NC(C(=O)NCC(=O)Nc1ccc(COC(=O)NCC(C)(C)CC)cc1)C(C)C.CC.CCCNC=O.CN.CN. The number of rotatable bonds is 17. The lowest BCUT2D eigenvalue weighted by atomic mass is 9.90. The molecule has 1 aromatic rings. The number of nitrogens with two attached hydrogens (primary N) is 3. The molecule has 0 spiro atoms. The van der Waals surface area contributed by atoms with Crippen LogP contribution in [0.5, 0.6) is 0 Å². The second-order valence-electron chi connectivity index (χ2n) is 10.6. The number of nitrogens with zero attached hydrogens (tertiary/aromatic N) is 1. The molecule has 0 heterocycles. The molecule has 0 saturated heterocycles. The fourth-order valence-corrected chi connectivity index (χ4v) is 2.99. The van der Waals surface area contributed by atoms with Crippen molar-refractivity contribution in [1.29, 1.82) is 0 Å². The fourth-order valence-electron chi connectivity index (χ4n) is 2.99. The Morgan fingerprint density at radius 2 is 1.54 bits per heavy atom. The van der Waals surface area contributed by atoms with Gasteiger partial charge in [-0.15, -0.1) is 0 Å². The number of amides is 5. The summed E-state index contributed by atoms with van der Waals surface area (Å²) in [5.74, 6) is 3.96. The summed E-state index contributed by atoms with van der Waals surface area (Å²) in [6.07, 6.45) is 3.46. The van der Waals surface area contributed by atoms with Crippen LogP contribution in [0.1, 0.15) is 73.8 Å². The van der Waals surface area contributed by atoms with Gasteiger partial charge in [0, 0.05) is 25.0 Å². The number of anilines is 1. The maximum atomic E-state index is 12.5. The zero-order valence-electron chi connectivity index (χ0n) is 30.9. The van der Waals surface area contributed by atoms with Crippen LogP contribution in [-0.4, -0.2) is 81.5 Å². The van der Waals surface area contributed by atoms with Crippen molar-refractivity contribution in [2.24, 2.45) is 28.6 Å². The molecule has 1 rings (SSSR count). The summed E-state index contributed by atoms with van der Waals surface area (Å²) in [5.41, 5.74) is 10.3. The minimum Gasteiger partial charge on any atom is -0.445 e. The van der Waals surface area contributed by atoms with Crippen molar-refractivity contribution in [3.05, 3.63) is 42.6 Å². The van der Waals surface area contributed by atoms with E-state index in [2.05, 4.69) is 65.4 Å². The van der Waals surface area contributed by atoms with Crippen LogP contribution in [0.2, 0.25) is 0 Å². The number of carbonyl (C=O) groups is 5. The molecular formula is C33H65N9O6. The molecule has 48 heavy (non-hydrogen) atoms. The van der Waals surface area contributed by atoms with Crippen molar-refractivity contribution in [3.8, 4) is 0 Å². The largest absolute Gasteiger partial charge is 0.445 e. The highest BCUT2D eigenvalue weighted by molar-refractivity contribution is 5.96. The summed E-state index contributed by atoms with van der Waals surface area (Å²) in [6, 6.07) is 5.97. The number of ether oxygens (including phenoxy) is 1. The Bertz CT molecular complexity index is 1010. The maximum Gasteiger partial charge on any atom is 0.407 e. The first kappa shape index (κ1) is 50.6. The van der Waals surface area contributed by atoms with Gasteiger partial charge in [-0.2, -0.15) is 0 Å². The number of carbonyl (C=O) groups excluding carboxylic acids is 5. The number of alkyl carbamates (subject to hydrolysis) is 1. The summed E-state index contributed by atoms with van der Waals surface area (Å²) < 4.78 is 5.22. The molecule has 1 unspecified atom stereocenters. The van der Waals surface area contributed by atoms with E-state index >= 15 is 0 Å². The minimum absolute atomic E-state index is 0.000154. The third-order valence-corrected chi connectivity index (χ3v) is 6.00. The zero-order chi connectivity index (χ0) is 38.1. The normalized spacial score (nSPS) is 10.1. The van der Waals surface area contributed by atoms with Gasteiger partial charge < -0.3 is 47.8 Å². The highest BCUT2D eigenvalue weighted by atomic mass is 16.5. The Balaban J connectivity index is -0.000000701. The standard InChI is InChI=1S/C25H40N6O5.C4H9NO.C2H6.2CH5N/c1-7-25(5,6)16-28-24(35)36-15-18-9-11-19(12-10-18)29-20(32)13-27-23(34)22(17(3)4)30-21(33)14-31(26)8-2;1-2-3-5-4-6;3*1-2/h8-12,17,22H,2,7,13-16,26H2,1,3-6H3,(H,27,34)(H,28,35)(H,29,32)(H,30,33);4H,2-3H2,1H3,(H,5,6);1-2H3;2*2H2,1H3. The number of nitrogens with one attached hydrogen (secondary N) is 5. The molecule has 0 radical (unpaired) electrons. The minimum atomic E-state index is -0.826. The van der Waals surface area contributed by atoms with E-state index in [1.165, 1.54) is 20.3 Å². The van der Waals surface area contributed by atoms with Crippen LogP contribution < -0.4 is 43.9 Å². The van der Waals surface area contributed by atoms with E-state index in [0.717, 1.165) is 30.0 Å². The van der Waals surface area contributed by atoms with E-state index in [9.17, 15) is 24.0 Å². The zero-order valence-corrected chi connectivity index (χ0v) is 30.9. The van der Waals surface area contributed by atoms with Crippen LogP contribution in [0.25, 0.3) is 0 Å². The average Bonchev–Trinajstić information content (AvgIpc) is 3.10. The van der Waals surface area contributed by atoms with Gasteiger partial charge in [-0.25, -0.2) is 10.6 Å². The molecule has 0 aromatic heterocycles. The quantitative estimate of drug-likeness (QED) is 0.0516. The van der Waals surface area contributed by atoms with Crippen molar-refractivity contribution in [1.82, 2.24) is 26.3 Å². The molecule has 0 saturated carbocycles. The third-order valence-electron chi connectivity index (χ3n) is 6.00. The Morgan fingerprint density at radius 1 is 0.979 bits per heavy atom. The lowest BCUT2D eigenvalue weighted by Gasteiger charge is -2.23. The smallest absolute Gasteiger partial charge is 0.407 e. The lowest BCUT2D eigenvalue weighted by Crippen LogP contribution is -2.53. The van der Waals surface area contributed by atoms with E-state index in [1.807, 2.05) is 20.8 Å². The van der Waals surface area contributed by atoms with Crippen molar-refractivity contribution < 1.29 is 28.7 Å². The van der Waals surface area contributed by atoms with Gasteiger partial charge in [0.2, 0.25) is 24.1 Å². The van der Waals surface area contributed by atoms with Crippen molar-refractivity contribution in [3.63, 3.8) is 0 Å². The monoisotopic (exact) mass is 684 g/mol. The van der Waals surface area contributed by atoms with E-state index < -0.39 is 29.9 Å². The van der Waals surface area contributed by atoms with E-state index in [4.69, 9.17) is 10.6 Å². The molecule has 0 aliphatic carbocycles. The van der Waals surface area contributed by atoms with Crippen molar-refractivity contribution >= 4 is 35.9 Å². The predicted octanol–water partition coefficient (Wildman–Crippen LogP) is 2.18. The van der Waals surface area contributed by atoms with E-state index in [1.54, 1.807) is 38.1 Å².